The lowest BCUT2D eigenvalue weighted by atomic mass is 10.0. The predicted molar refractivity (Wildman–Crippen MR) is 120 cm³/mol. The third kappa shape index (κ3) is 4.33. The predicted octanol–water partition coefficient (Wildman–Crippen LogP) is 2.16. The number of nitrogens with one attached hydrogen (secondary N) is 1. The number of amides is 1. The number of nitro groups is 1. The zero-order valence-corrected chi connectivity index (χ0v) is 18.5. The minimum Gasteiger partial charge on any atom is -0.497 e. The second kappa shape index (κ2) is 9.10. The fourth-order valence-corrected chi connectivity index (χ4v) is 3.62. The van der Waals surface area contributed by atoms with E-state index in [-0.39, 0.29) is 23.3 Å². The summed E-state index contributed by atoms with van der Waals surface area (Å²) < 4.78 is 18.7. The molecule has 0 aliphatic rings. The molecule has 0 bridgehead atoms. The number of aryl methyl sites for hydroxylation is 1. The largest absolute Gasteiger partial charge is 0.497 e. The molecule has 2 aromatic carbocycles. The highest BCUT2D eigenvalue weighted by Gasteiger charge is 2.24. The topological polar surface area (TPSA) is 144 Å². The fourth-order valence-electron chi connectivity index (χ4n) is 3.62. The van der Waals surface area contributed by atoms with E-state index in [1.165, 1.54) is 26.4 Å². The first kappa shape index (κ1) is 22.6. The summed E-state index contributed by atoms with van der Waals surface area (Å²) >= 11 is 0. The first-order valence-electron chi connectivity index (χ1n) is 10.1. The number of imidazole rings is 1. The number of methoxy groups -OCH3 is 2. The van der Waals surface area contributed by atoms with Crippen molar-refractivity contribution in [2.75, 3.05) is 14.2 Å². The molecule has 1 N–H and O–H groups in total. The van der Waals surface area contributed by atoms with Gasteiger partial charge in [-0.1, -0.05) is 0 Å². The monoisotopic (exact) mass is 467 g/mol. The molecule has 0 spiro atoms. The van der Waals surface area contributed by atoms with E-state index in [1.807, 2.05) is 0 Å². The number of fused-ring (bicyclic) bond motifs is 1. The maximum atomic E-state index is 13.1. The second-order valence-electron chi connectivity index (χ2n) is 7.41. The zero-order valence-electron chi connectivity index (χ0n) is 18.5. The van der Waals surface area contributed by atoms with E-state index in [0.29, 0.717) is 22.9 Å². The lowest BCUT2D eigenvalue weighted by molar-refractivity contribution is -0.384. The smallest absolute Gasteiger partial charge is 0.420 e. The maximum Gasteiger partial charge on any atom is 0.420 e. The number of benzene rings is 2. The molecule has 4 rings (SSSR count). The fraction of sp³-hybridized carbons (Fsp3) is 0.227. The molecule has 1 amide bonds. The number of hydrogen-bond acceptors (Lipinski definition) is 8. The number of ether oxygens (including phenoxy) is 2. The highest BCUT2D eigenvalue weighted by molar-refractivity contribution is 5.81. The molecule has 0 fully saturated rings. The molecule has 2 heterocycles. The van der Waals surface area contributed by atoms with E-state index in [0.717, 1.165) is 10.6 Å². The van der Waals surface area contributed by atoms with Gasteiger partial charge in [0.25, 0.3) is 5.69 Å². The first-order valence-corrected chi connectivity index (χ1v) is 10.1. The molecule has 12 nitrogen and oxygen atoms in total. The Balaban J connectivity index is 1.68. The van der Waals surface area contributed by atoms with Crippen molar-refractivity contribution in [3.8, 4) is 11.5 Å². The van der Waals surface area contributed by atoms with Gasteiger partial charge in [-0.3, -0.25) is 19.5 Å². The molecule has 0 aliphatic heterocycles. The number of nitrogens with zero attached hydrogens (tertiary/aromatic N) is 4. The number of aromatic nitrogens is 3. The van der Waals surface area contributed by atoms with Crippen molar-refractivity contribution in [1.29, 1.82) is 0 Å². The molecule has 2 aromatic heterocycles. The lowest BCUT2D eigenvalue weighted by Gasteiger charge is -2.20. The summed E-state index contributed by atoms with van der Waals surface area (Å²) in [4.78, 5) is 40.2. The van der Waals surface area contributed by atoms with Gasteiger partial charge in [0, 0.05) is 31.6 Å². The summed E-state index contributed by atoms with van der Waals surface area (Å²) in [6.45, 7) is -0.369. The van der Waals surface area contributed by atoms with Crippen LogP contribution in [0.1, 0.15) is 17.4 Å². The normalized spacial score (nSPS) is 11.9. The van der Waals surface area contributed by atoms with Crippen LogP contribution in [0, 0.1) is 10.1 Å². The standard InChI is InChI=1S/C22H21N5O7/c1-25-7-6-23-21(25)20(13-8-15(32-2)11-16(9-13)33-3)24-19(28)12-26-17-5-4-14(27(30)31)10-18(17)34-22(26)29/h4-11,20H,12H2,1-3H3,(H,24,28). The van der Waals surface area contributed by atoms with Crippen LogP contribution in [-0.2, 0) is 18.4 Å². The Labute approximate surface area is 192 Å². The molecule has 34 heavy (non-hydrogen) atoms. The highest BCUT2D eigenvalue weighted by atomic mass is 16.6. The van der Waals surface area contributed by atoms with Crippen molar-refractivity contribution in [3.05, 3.63) is 80.8 Å². The van der Waals surface area contributed by atoms with Crippen molar-refractivity contribution in [2.24, 2.45) is 7.05 Å². The lowest BCUT2D eigenvalue weighted by Crippen LogP contribution is -2.35. The van der Waals surface area contributed by atoms with E-state index in [4.69, 9.17) is 13.9 Å². The van der Waals surface area contributed by atoms with Crippen molar-refractivity contribution in [1.82, 2.24) is 19.4 Å². The van der Waals surface area contributed by atoms with Crippen molar-refractivity contribution >= 4 is 22.7 Å². The highest BCUT2D eigenvalue weighted by Crippen LogP contribution is 2.29. The second-order valence-corrected chi connectivity index (χ2v) is 7.41. The molecule has 0 saturated heterocycles. The van der Waals surface area contributed by atoms with Crippen molar-refractivity contribution < 1.29 is 23.6 Å². The summed E-state index contributed by atoms with van der Waals surface area (Å²) in [5.41, 5.74) is 0.714. The zero-order chi connectivity index (χ0) is 24.4. The number of hydrogen-bond donors (Lipinski definition) is 1. The molecule has 12 heteroatoms. The number of carbonyl (C=O) groups is 1. The molecule has 1 atom stereocenters. The summed E-state index contributed by atoms with van der Waals surface area (Å²) in [7, 11) is 4.83. The Morgan fingerprint density at radius 1 is 1.21 bits per heavy atom. The Hall–Kier alpha value is -4.61. The number of non-ortho nitro benzene ring substituents is 1. The van der Waals surface area contributed by atoms with Crippen LogP contribution in [0.25, 0.3) is 11.1 Å². The van der Waals surface area contributed by atoms with Gasteiger partial charge in [0.2, 0.25) is 5.91 Å². The maximum absolute atomic E-state index is 13.1. The van der Waals surface area contributed by atoms with Crippen LogP contribution >= 0.6 is 0 Å². The van der Waals surface area contributed by atoms with Crippen LogP contribution in [0.5, 0.6) is 11.5 Å². The summed E-state index contributed by atoms with van der Waals surface area (Å²) in [5.74, 6) is 0.298. The van der Waals surface area contributed by atoms with Gasteiger partial charge in [0.05, 0.1) is 30.7 Å². The van der Waals surface area contributed by atoms with Gasteiger partial charge in [-0.05, 0) is 23.8 Å². The number of nitro benzene ring substituents is 1. The quantitative estimate of drug-likeness (QED) is 0.307. The minimum absolute atomic E-state index is 0.0187. The van der Waals surface area contributed by atoms with Gasteiger partial charge >= 0.3 is 5.76 Å². The molecule has 0 saturated carbocycles. The molecule has 0 radical (unpaired) electrons. The van der Waals surface area contributed by atoms with Gasteiger partial charge < -0.3 is 23.8 Å². The molecular weight excluding hydrogens is 446 g/mol. The van der Waals surface area contributed by atoms with Gasteiger partial charge in [-0.25, -0.2) is 9.78 Å². The Morgan fingerprint density at radius 3 is 2.50 bits per heavy atom. The number of oxazole rings is 1. The molecule has 1 unspecified atom stereocenters. The van der Waals surface area contributed by atoms with Crippen molar-refractivity contribution in [3.63, 3.8) is 0 Å². The number of rotatable bonds is 8. The molecular formula is C22H21N5O7. The Kier molecular flexibility index (Phi) is 6.04. The van der Waals surface area contributed by atoms with Gasteiger partial charge in [-0.2, -0.15) is 0 Å². The van der Waals surface area contributed by atoms with Gasteiger partial charge in [-0.15, -0.1) is 0 Å². The minimum atomic E-state index is -0.803. The molecule has 0 aliphatic carbocycles. The van der Waals surface area contributed by atoms with E-state index in [2.05, 4.69) is 10.3 Å². The van der Waals surface area contributed by atoms with Crippen LogP contribution in [0.2, 0.25) is 0 Å². The summed E-state index contributed by atoms with van der Waals surface area (Å²) in [6, 6.07) is 8.27. The first-order chi connectivity index (χ1) is 16.3. The SMILES string of the molecule is COc1cc(OC)cc(C(NC(=O)Cn2c(=O)oc3cc([N+](=O)[O-])ccc32)c2nccn2C)c1. The van der Waals surface area contributed by atoms with Gasteiger partial charge in [0.15, 0.2) is 5.58 Å². The van der Waals surface area contributed by atoms with Crippen LogP contribution in [0.4, 0.5) is 5.69 Å². The van der Waals surface area contributed by atoms with Crippen LogP contribution in [0.3, 0.4) is 0 Å². The van der Waals surface area contributed by atoms with E-state index >= 15 is 0 Å². The summed E-state index contributed by atoms with van der Waals surface area (Å²) in [5, 5.41) is 13.9. The Morgan fingerprint density at radius 2 is 1.91 bits per heavy atom. The number of carbonyl (C=O) groups excluding carboxylic acids is 1. The van der Waals surface area contributed by atoms with Crippen LogP contribution in [0.15, 0.2) is 58.0 Å². The molecule has 4 aromatic rings. The average Bonchev–Trinajstić information content (AvgIpc) is 3.38. The van der Waals surface area contributed by atoms with Crippen LogP contribution < -0.4 is 20.5 Å². The average molecular weight is 467 g/mol. The van der Waals surface area contributed by atoms with E-state index in [9.17, 15) is 19.7 Å². The third-order valence-corrected chi connectivity index (χ3v) is 5.29. The Bertz CT molecular complexity index is 1410. The summed E-state index contributed by atoms with van der Waals surface area (Å²) in [6.07, 6.45) is 3.35. The van der Waals surface area contributed by atoms with E-state index < -0.39 is 22.6 Å². The van der Waals surface area contributed by atoms with Crippen molar-refractivity contribution in [2.45, 2.75) is 12.6 Å². The van der Waals surface area contributed by atoms with Gasteiger partial charge in [0.1, 0.15) is 29.9 Å². The third-order valence-electron chi connectivity index (χ3n) is 5.29. The van der Waals surface area contributed by atoms with E-state index in [1.54, 1.807) is 42.2 Å². The van der Waals surface area contributed by atoms with Crippen LogP contribution in [-0.4, -0.2) is 39.2 Å². The molecule has 176 valence electrons.